The molecule has 0 aromatic rings. The highest BCUT2D eigenvalue weighted by Gasteiger charge is 2.23. The van der Waals surface area contributed by atoms with Gasteiger partial charge in [-0.1, -0.05) is 6.92 Å². The van der Waals surface area contributed by atoms with Gasteiger partial charge in [0.1, 0.15) is 0 Å². The summed E-state index contributed by atoms with van der Waals surface area (Å²) in [4.78, 5) is 29.4. The normalized spacial score (nSPS) is 21.4. The first-order chi connectivity index (χ1) is 9.20. The van der Waals surface area contributed by atoms with Gasteiger partial charge in [0.25, 0.3) is 0 Å². The van der Waals surface area contributed by atoms with Crippen molar-refractivity contribution in [3.8, 4) is 0 Å². The Morgan fingerprint density at radius 3 is 2.58 bits per heavy atom. The van der Waals surface area contributed by atoms with Crippen molar-refractivity contribution in [2.24, 2.45) is 0 Å². The minimum Gasteiger partial charge on any atom is -0.449 e. The van der Waals surface area contributed by atoms with Crippen molar-refractivity contribution < 1.29 is 14.3 Å². The van der Waals surface area contributed by atoms with Crippen LogP contribution in [0.25, 0.3) is 0 Å². The Labute approximate surface area is 114 Å². The molecule has 0 aliphatic carbocycles. The second-order valence-electron chi connectivity index (χ2n) is 5.02. The van der Waals surface area contributed by atoms with Crippen LogP contribution < -0.4 is 0 Å². The maximum absolute atomic E-state index is 12.1. The van der Waals surface area contributed by atoms with Gasteiger partial charge in [-0.3, -0.25) is 4.79 Å². The zero-order valence-electron chi connectivity index (χ0n) is 11.6. The van der Waals surface area contributed by atoms with Crippen LogP contribution in [-0.4, -0.2) is 79.1 Å². The predicted octanol–water partition coefficient (Wildman–Crippen LogP) is 0.383. The molecule has 2 fully saturated rings. The van der Waals surface area contributed by atoms with Gasteiger partial charge >= 0.3 is 6.09 Å². The van der Waals surface area contributed by atoms with Crippen LogP contribution >= 0.6 is 0 Å². The van der Waals surface area contributed by atoms with E-state index in [9.17, 15) is 9.59 Å². The predicted molar refractivity (Wildman–Crippen MR) is 70.8 cm³/mol. The number of hydrogen-bond acceptors (Lipinski definition) is 4. The highest BCUT2D eigenvalue weighted by molar-refractivity contribution is 5.77. The van der Waals surface area contributed by atoms with E-state index in [1.807, 2.05) is 4.90 Å². The molecule has 19 heavy (non-hydrogen) atoms. The average Bonchev–Trinajstić information content (AvgIpc) is 2.46. The van der Waals surface area contributed by atoms with Gasteiger partial charge in [-0.15, -0.1) is 0 Å². The number of carbonyl (C=O) groups excluding carboxylic acids is 2. The number of ether oxygens (including phenoxy) is 1. The fourth-order valence-corrected chi connectivity index (χ4v) is 2.50. The SMILES string of the molecule is CCN1CCN(C(=O)CCN2CCCOC2=O)CC1. The first-order valence-electron chi connectivity index (χ1n) is 7.12. The van der Waals surface area contributed by atoms with E-state index in [1.165, 1.54) is 0 Å². The van der Waals surface area contributed by atoms with Gasteiger partial charge in [-0.25, -0.2) is 4.79 Å². The summed E-state index contributed by atoms with van der Waals surface area (Å²) < 4.78 is 4.95. The van der Waals surface area contributed by atoms with E-state index >= 15 is 0 Å². The lowest BCUT2D eigenvalue weighted by Gasteiger charge is -2.34. The molecule has 2 heterocycles. The largest absolute Gasteiger partial charge is 0.449 e. The number of amides is 2. The van der Waals surface area contributed by atoms with E-state index in [4.69, 9.17) is 4.74 Å². The van der Waals surface area contributed by atoms with Gasteiger partial charge in [0.05, 0.1) is 6.61 Å². The molecule has 108 valence electrons. The summed E-state index contributed by atoms with van der Waals surface area (Å²) >= 11 is 0. The third kappa shape index (κ3) is 3.83. The maximum atomic E-state index is 12.1. The highest BCUT2D eigenvalue weighted by Crippen LogP contribution is 2.08. The molecule has 0 N–H and O–H groups in total. The Balaban J connectivity index is 1.71. The quantitative estimate of drug-likeness (QED) is 0.740. The number of likely N-dealkylation sites (N-methyl/N-ethyl adjacent to an activating group) is 1. The van der Waals surface area contributed by atoms with Crippen LogP contribution in [0.1, 0.15) is 19.8 Å². The van der Waals surface area contributed by atoms with Crippen molar-refractivity contribution >= 4 is 12.0 Å². The van der Waals surface area contributed by atoms with E-state index in [1.54, 1.807) is 4.90 Å². The van der Waals surface area contributed by atoms with E-state index < -0.39 is 0 Å². The monoisotopic (exact) mass is 269 g/mol. The van der Waals surface area contributed by atoms with E-state index in [-0.39, 0.29) is 12.0 Å². The molecule has 2 rings (SSSR count). The van der Waals surface area contributed by atoms with Crippen LogP contribution in [0.4, 0.5) is 4.79 Å². The van der Waals surface area contributed by atoms with Crippen molar-refractivity contribution in [3.05, 3.63) is 0 Å². The summed E-state index contributed by atoms with van der Waals surface area (Å²) in [5, 5.41) is 0. The van der Waals surface area contributed by atoms with Crippen LogP contribution in [0.2, 0.25) is 0 Å². The fourth-order valence-electron chi connectivity index (χ4n) is 2.50. The van der Waals surface area contributed by atoms with Crippen molar-refractivity contribution in [3.63, 3.8) is 0 Å². The molecule has 0 saturated carbocycles. The molecule has 6 heteroatoms. The van der Waals surface area contributed by atoms with Crippen LogP contribution in [-0.2, 0) is 9.53 Å². The Morgan fingerprint density at radius 2 is 1.95 bits per heavy atom. The van der Waals surface area contributed by atoms with Gasteiger partial charge in [0.2, 0.25) is 5.91 Å². The zero-order chi connectivity index (χ0) is 13.7. The standard InChI is InChI=1S/C13H23N3O3/c1-2-14-7-9-15(10-8-14)12(17)4-6-16-5-3-11-19-13(16)18/h2-11H2,1H3. The van der Waals surface area contributed by atoms with Gasteiger partial charge < -0.3 is 19.4 Å². The number of carbonyl (C=O) groups is 2. The summed E-state index contributed by atoms with van der Waals surface area (Å²) in [7, 11) is 0. The second-order valence-corrected chi connectivity index (χ2v) is 5.02. The minimum absolute atomic E-state index is 0.147. The Bertz CT molecular complexity index is 327. The second kappa shape index (κ2) is 6.75. The maximum Gasteiger partial charge on any atom is 0.409 e. The first-order valence-corrected chi connectivity index (χ1v) is 7.12. The molecular weight excluding hydrogens is 246 g/mol. The number of hydrogen-bond donors (Lipinski definition) is 0. The molecule has 0 spiro atoms. The van der Waals surface area contributed by atoms with Crippen molar-refractivity contribution in [1.29, 1.82) is 0 Å². The molecule has 2 aliphatic rings. The molecule has 2 aliphatic heterocycles. The van der Waals surface area contributed by atoms with Gasteiger partial charge in [0.15, 0.2) is 0 Å². The molecule has 0 bridgehead atoms. The van der Waals surface area contributed by atoms with Gasteiger partial charge in [0, 0.05) is 45.7 Å². The Kier molecular flexibility index (Phi) is 5.01. The summed E-state index contributed by atoms with van der Waals surface area (Å²) in [6.45, 7) is 8.38. The minimum atomic E-state index is -0.283. The van der Waals surface area contributed by atoms with Crippen molar-refractivity contribution in [1.82, 2.24) is 14.7 Å². The highest BCUT2D eigenvalue weighted by atomic mass is 16.6. The van der Waals surface area contributed by atoms with Crippen LogP contribution in [0.5, 0.6) is 0 Å². The molecule has 0 aromatic heterocycles. The molecule has 0 aromatic carbocycles. The summed E-state index contributed by atoms with van der Waals surface area (Å²) in [6, 6.07) is 0. The first kappa shape index (κ1) is 14.1. The lowest BCUT2D eigenvalue weighted by atomic mass is 10.2. The lowest BCUT2D eigenvalue weighted by Crippen LogP contribution is -2.49. The fraction of sp³-hybridized carbons (Fsp3) is 0.846. The molecule has 0 radical (unpaired) electrons. The molecule has 0 atom stereocenters. The average molecular weight is 269 g/mol. The van der Waals surface area contributed by atoms with E-state index in [2.05, 4.69) is 11.8 Å². The van der Waals surface area contributed by atoms with Gasteiger partial charge in [-0.2, -0.15) is 0 Å². The topological polar surface area (TPSA) is 53.1 Å². The van der Waals surface area contributed by atoms with Crippen molar-refractivity contribution in [2.75, 3.05) is 52.4 Å². The third-order valence-corrected chi connectivity index (χ3v) is 3.82. The third-order valence-electron chi connectivity index (χ3n) is 3.82. The lowest BCUT2D eigenvalue weighted by molar-refractivity contribution is -0.133. The molecule has 2 saturated heterocycles. The summed E-state index contributed by atoms with van der Waals surface area (Å²) in [5.74, 6) is 0.147. The molecule has 0 unspecified atom stereocenters. The van der Waals surface area contributed by atoms with E-state index in [0.717, 1.165) is 39.1 Å². The number of cyclic esters (lactones) is 1. The Morgan fingerprint density at radius 1 is 1.21 bits per heavy atom. The van der Waals surface area contributed by atoms with Crippen LogP contribution in [0, 0.1) is 0 Å². The van der Waals surface area contributed by atoms with Crippen LogP contribution in [0.3, 0.4) is 0 Å². The molecule has 2 amide bonds. The molecule has 6 nitrogen and oxygen atoms in total. The van der Waals surface area contributed by atoms with E-state index in [0.29, 0.717) is 26.1 Å². The molecular formula is C13H23N3O3. The number of rotatable bonds is 4. The Hall–Kier alpha value is -1.30. The van der Waals surface area contributed by atoms with Gasteiger partial charge in [-0.05, 0) is 13.0 Å². The van der Waals surface area contributed by atoms with Crippen molar-refractivity contribution in [2.45, 2.75) is 19.8 Å². The van der Waals surface area contributed by atoms with Crippen LogP contribution in [0.15, 0.2) is 0 Å². The summed E-state index contributed by atoms with van der Waals surface area (Å²) in [6.07, 6.45) is 0.978. The summed E-state index contributed by atoms with van der Waals surface area (Å²) in [5.41, 5.74) is 0. The number of nitrogens with zero attached hydrogens (tertiary/aromatic N) is 3. The number of piperazine rings is 1. The smallest absolute Gasteiger partial charge is 0.409 e. The zero-order valence-corrected chi connectivity index (χ0v) is 11.6.